The van der Waals surface area contributed by atoms with Crippen LogP contribution in [0.1, 0.15) is 45.4 Å². The van der Waals surface area contributed by atoms with Gasteiger partial charge >= 0.3 is 6.03 Å². The fraction of sp³-hybridized carbons (Fsp3) is 0.923. The van der Waals surface area contributed by atoms with Crippen LogP contribution in [0.15, 0.2) is 0 Å². The molecule has 0 aromatic carbocycles. The molecule has 5 heteroatoms. The van der Waals surface area contributed by atoms with E-state index in [1.807, 2.05) is 0 Å². The summed E-state index contributed by atoms with van der Waals surface area (Å²) in [4.78, 5) is 11.6. The second kappa shape index (κ2) is 8.51. The van der Waals surface area contributed by atoms with Gasteiger partial charge in [0.2, 0.25) is 0 Å². The van der Waals surface area contributed by atoms with Crippen LogP contribution < -0.4 is 10.6 Å². The average molecular weight is 274 g/mol. The van der Waals surface area contributed by atoms with Crippen molar-refractivity contribution in [3.63, 3.8) is 0 Å². The van der Waals surface area contributed by atoms with Crippen LogP contribution in [-0.4, -0.2) is 34.8 Å². The van der Waals surface area contributed by atoms with E-state index in [0.29, 0.717) is 18.2 Å². The molecule has 0 aromatic heterocycles. The Hall–Kier alpha value is -0.580. The van der Waals surface area contributed by atoms with Gasteiger partial charge in [-0.3, -0.25) is 4.21 Å². The smallest absolute Gasteiger partial charge is 0.315 e. The molecule has 0 bridgehead atoms. The molecule has 0 aliphatic heterocycles. The lowest BCUT2D eigenvalue weighted by Crippen LogP contribution is -2.44. The Bertz CT molecular complexity index is 278. The SMILES string of the molecule is C[C@H](NC(=O)NCCC[S@](C)=O)C1CCCCC1. The number of amides is 2. The summed E-state index contributed by atoms with van der Waals surface area (Å²) in [5.74, 6) is 1.28. The highest BCUT2D eigenvalue weighted by Crippen LogP contribution is 2.26. The summed E-state index contributed by atoms with van der Waals surface area (Å²) < 4.78 is 10.9. The summed E-state index contributed by atoms with van der Waals surface area (Å²) in [7, 11) is -0.767. The number of hydrogen-bond acceptors (Lipinski definition) is 2. The van der Waals surface area contributed by atoms with Crippen LogP contribution in [0.3, 0.4) is 0 Å². The first-order valence-electron chi connectivity index (χ1n) is 6.94. The summed E-state index contributed by atoms with van der Waals surface area (Å²) in [6, 6.07) is 0.167. The van der Waals surface area contributed by atoms with Gasteiger partial charge in [-0.1, -0.05) is 19.3 Å². The van der Waals surface area contributed by atoms with E-state index in [1.54, 1.807) is 6.26 Å². The topological polar surface area (TPSA) is 58.2 Å². The summed E-state index contributed by atoms with van der Waals surface area (Å²) in [5, 5.41) is 5.84. The average Bonchev–Trinajstić information content (AvgIpc) is 2.35. The van der Waals surface area contributed by atoms with Crippen molar-refractivity contribution in [2.75, 3.05) is 18.6 Å². The zero-order valence-corrected chi connectivity index (χ0v) is 12.4. The minimum absolute atomic E-state index is 0.0880. The van der Waals surface area contributed by atoms with Crippen LogP contribution in [0.2, 0.25) is 0 Å². The van der Waals surface area contributed by atoms with E-state index in [9.17, 15) is 9.00 Å². The van der Waals surface area contributed by atoms with Gasteiger partial charge in [0.25, 0.3) is 0 Å². The maximum Gasteiger partial charge on any atom is 0.315 e. The number of hydrogen-bond donors (Lipinski definition) is 2. The summed E-state index contributed by atoms with van der Waals surface area (Å²) >= 11 is 0. The van der Waals surface area contributed by atoms with Gasteiger partial charge in [0.05, 0.1) is 0 Å². The van der Waals surface area contributed by atoms with Gasteiger partial charge in [0, 0.05) is 35.4 Å². The summed E-state index contributed by atoms with van der Waals surface area (Å²) in [5.41, 5.74) is 0. The maximum atomic E-state index is 11.6. The first-order valence-corrected chi connectivity index (χ1v) is 8.66. The quantitative estimate of drug-likeness (QED) is 0.728. The Morgan fingerprint density at radius 3 is 2.61 bits per heavy atom. The fourth-order valence-corrected chi connectivity index (χ4v) is 3.04. The molecular weight excluding hydrogens is 248 g/mol. The van der Waals surface area contributed by atoms with Gasteiger partial charge in [0.1, 0.15) is 0 Å². The molecule has 0 spiro atoms. The molecule has 1 rings (SSSR count). The molecule has 1 aliphatic rings. The monoisotopic (exact) mass is 274 g/mol. The van der Waals surface area contributed by atoms with Crippen LogP contribution in [0.25, 0.3) is 0 Å². The zero-order chi connectivity index (χ0) is 13.4. The van der Waals surface area contributed by atoms with Crippen molar-refractivity contribution in [2.24, 2.45) is 5.92 Å². The molecule has 1 aliphatic carbocycles. The Morgan fingerprint density at radius 2 is 2.00 bits per heavy atom. The first kappa shape index (κ1) is 15.5. The standard InChI is InChI=1S/C13H26N2O2S/c1-11(12-7-4-3-5-8-12)15-13(16)14-9-6-10-18(2)17/h11-12H,3-10H2,1-2H3,(H2,14,15,16)/t11-,18-/m0/s1. The molecule has 0 unspecified atom stereocenters. The first-order chi connectivity index (χ1) is 8.59. The molecule has 18 heavy (non-hydrogen) atoms. The van der Waals surface area contributed by atoms with Crippen molar-refractivity contribution >= 4 is 16.8 Å². The highest BCUT2D eigenvalue weighted by molar-refractivity contribution is 7.84. The molecule has 2 N–H and O–H groups in total. The predicted octanol–water partition coefficient (Wildman–Crippen LogP) is 2.02. The molecule has 4 nitrogen and oxygen atoms in total. The van der Waals surface area contributed by atoms with Crippen LogP contribution >= 0.6 is 0 Å². The van der Waals surface area contributed by atoms with Gasteiger partial charge in [-0.25, -0.2) is 4.79 Å². The fourth-order valence-electron chi connectivity index (χ4n) is 2.49. The summed E-state index contributed by atoms with van der Waals surface area (Å²) in [6.07, 6.45) is 8.84. The molecule has 1 saturated carbocycles. The van der Waals surface area contributed by atoms with Gasteiger partial charge in [0.15, 0.2) is 0 Å². The normalized spacial score (nSPS) is 20.1. The molecule has 1 fully saturated rings. The van der Waals surface area contributed by atoms with Crippen molar-refractivity contribution in [3.8, 4) is 0 Å². The van der Waals surface area contributed by atoms with Crippen molar-refractivity contribution in [1.82, 2.24) is 10.6 Å². The summed E-state index contributed by atoms with van der Waals surface area (Å²) in [6.45, 7) is 2.69. The molecule has 2 atom stereocenters. The van der Waals surface area contributed by atoms with E-state index in [1.165, 1.54) is 32.1 Å². The number of carbonyl (C=O) groups excluding carboxylic acids is 1. The molecule has 0 radical (unpaired) electrons. The molecular formula is C13H26N2O2S. The number of urea groups is 1. The van der Waals surface area contributed by atoms with Crippen LogP contribution in [-0.2, 0) is 10.8 Å². The highest BCUT2D eigenvalue weighted by Gasteiger charge is 2.21. The Balaban J connectivity index is 2.12. The minimum atomic E-state index is -0.767. The van der Waals surface area contributed by atoms with Crippen LogP contribution in [0, 0.1) is 5.92 Å². The van der Waals surface area contributed by atoms with Crippen molar-refractivity contribution in [3.05, 3.63) is 0 Å². The van der Waals surface area contributed by atoms with Gasteiger partial charge in [-0.2, -0.15) is 0 Å². The lowest BCUT2D eigenvalue weighted by Gasteiger charge is -2.28. The lowest BCUT2D eigenvalue weighted by atomic mass is 9.85. The van der Waals surface area contributed by atoms with E-state index in [-0.39, 0.29) is 12.1 Å². The zero-order valence-electron chi connectivity index (χ0n) is 11.5. The van der Waals surface area contributed by atoms with Crippen molar-refractivity contribution in [1.29, 1.82) is 0 Å². The van der Waals surface area contributed by atoms with Gasteiger partial charge in [-0.15, -0.1) is 0 Å². The van der Waals surface area contributed by atoms with E-state index in [2.05, 4.69) is 17.6 Å². The van der Waals surface area contributed by atoms with Gasteiger partial charge < -0.3 is 10.6 Å². The van der Waals surface area contributed by atoms with Crippen molar-refractivity contribution < 1.29 is 9.00 Å². The molecule has 0 aromatic rings. The lowest BCUT2D eigenvalue weighted by molar-refractivity contribution is 0.225. The predicted molar refractivity (Wildman–Crippen MR) is 76.1 cm³/mol. The minimum Gasteiger partial charge on any atom is -0.338 e. The number of rotatable bonds is 6. The third-order valence-electron chi connectivity index (χ3n) is 3.61. The van der Waals surface area contributed by atoms with E-state index in [0.717, 1.165) is 6.42 Å². The molecule has 106 valence electrons. The van der Waals surface area contributed by atoms with E-state index in [4.69, 9.17) is 0 Å². The van der Waals surface area contributed by atoms with E-state index >= 15 is 0 Å². The van der Waals surface area contributed by atoms with Crippen LogP contribution in [0.5, 0.6) is 0 Å². The largest absolute Gasteiger partial charge is 0.338 e. The van der Waals surface area contributed by atoms with E-state index < -0.39 is 10.8 Å². The Morgan fingerprint density at radius 1 is 1.33 bits per heavy atom. The Labute approximate surface area is 113 Å². The third-order valence-corrected chi connectivity index (χ3v) is 4.47. The van der Waals surface area contributed by atoms with Gasteiger partial charge in [-0.05, 0) is 32.1 Å². The second-order valence-electron chi connectivity index (χ2n) is 5.22. The Kier molecular flexibility index (Phi) is 7.32. The number of carbonyl (C=O) groups is 1. The van der Waals surface area contributed by atoms with Crippen LogP contribution in [0.4, 0.5) is 4.79 Å². The van der Waals surface area contributed by atoms with Crippen molar-refractivity contribution in [2.45, 2.75) is 51.5 Å². The molecule has 0 heterocycles. The number of nitrogens with one attached hydrogen (secondary N) is 2. The molecule has 0 saturated heterocycles. The third kappa shape index (κ3) is 6.38. The maximum absolute atomic E-state index is 11.6. The second-order valence-corrected chi connectivity index (χ2v) is 6.77. The highest BCUT2D eigenvalue weighted by atomic mass is 32.2. The molecule has 2 amide bonds.